The van der Waals surface area contributed by atoms with Crippen molar-refractivity contribution in [1.29, 1.82) is 0 Å². The fourth-order valence-electron chi connectivity index (χ4n) is 11.7. The molecule has 14 unspecified atom stereocenters. The van der Waals surface area contributed by atoms with Crippen molar-refractivity contribution in [3.63, 3.8) is 0 Å². The van der Waals surface area contributed by atoms with Crippen LogP contribution in [0.5, 0.6) is 0 Å². The summed E-state index contributed by atoms with van der Waals surface area (Å²) in [5.74, 6) is -11.8. The Labute approximate surface area is 665 Å². The summed E-state index contributed by atoms with van der Waals surface area (Å²) in [4.78, 5) is 210. The third-order valence-corrected chi connectivity index (χ3v) is 18.2. The van der Waals surface area contributed by atoms with Gasteiger partial charge < -0.3 is 126 Å². The SMILES string of the molecule is CCC(C)N(CC(=O)N(CC(=O)N(CC(=O)N(CC(=O)N(CC(=O)N(CC(=O)N(CC(=O)N(CC(=O)N(CC(=O)N(CC(=O)N(CC(=O)N(CC(N)=O)CC(C)O)CC(C)O)C(C)CC)CC(C)O)CC(C)O)C(C)CC)CC(C)O)CC(C)O)C(C)CC)CC(C)O)CC(C)O)C(=O)CN(CC(C)O)C(=O)CNCC(C)O. The van der Waals surface area contributed by atoms with E-state index in [1.165, 1.54) is 74.1 Å². The summed E-state index contributed by atoms with van der Waals surface area (Å²) in [6, 6.07) is -2.85. The molecular formula is C74H137N15O24. The molecule has 13 N–H and O–H groups in total. The van der Waals surface area contributed by atoms with Gasteiger partial charge in [0.2, 0.25) is 82.7 Å². The summed E-state index contributed by atoms with van der Waals surface area (Å²) in [6.45, 7) is 13.0. The van der Waals surface area contributed by atoms with Crippen LogP contribution < -0.4 is 11.1 Å². The average Bonchev–Trinajstić information content (AvgIpc) is 0.854. The molecule has 0 aromatic heterocycles. The molecular weight excluding hydrogens is 1480 g/mol. The lowest BCUT2D eigenvalue weighted by molar-refractivity contribution is -0.152. The monoisotopic (exact) mass is 1620 g/mol. The molecule has 14 atom stereocenters. The van der Waals surface area contributed by atoms with Crippen LogP contribution in [0.4, 0.5) is 0 Å². The van der Waals surface area contributed by atoms with E-state index < -0.39 is 299 Å². The number of primary amides is 1. The normalized spacial score (nSPS) is 15.1. The van der Waals surface area contributed by atoms with Crippen LogP contribution in [0.3, 0.4) is 0 Å². The Morgan fingerprint density at radius 3 is 0.531 bits per heavy atom. The predicted octanol–water partition coefficient (Wildman–Crippen LogP) is -6.16. The number of carbonyl (C=O) groups excluding carboxylic acids is 14. The van der Waals surface area contributed by atoms with Gasteiger partial charge in [0.05, 0.1) is 126 Å². The van der Waals surface area contributed by atoms with E-state index >= 15 is 0 Å². The lowest BCUT2D eigenvalue weighted by Gasteiger charge is -2.36. The van der Waals surface area contributed by atoms with E-state index in [2.05, 4.69) is 5.32 Å². The van der Waals surface area contributed by atoms with E-state index in [4.69, 9.17) is 5.73 Å². The van der Waals surface area contributed by atoms with Crippen LogP contribution in [0.2, 0.25) is 0 Å². The lowest BCUT2D eigenvalue weighted by atomic mass is 10.2. The Hall–Kier alpha value is -7.86. The van der Waals surface area contributed by atoms with Gasteiger partial charge in [-0.15, -0.1) is 0 Å². The summed E-state index contributed by atoms with van der Waals surface area (Å²) in [6.07, 6.45) is -10.8. The average molecular weight is 1620 g/mol. The second kappa shape index (κ2) is 53.3. The molecule has 652 valence electrons. The number of hydrogen-bond donors (Lipinski definition) is 12. The predicted molar refractivity (Wildman–Crippen MR) is 414 cm³/mol. The molecule has 0 aromatic carbocycles. The Kier molecular flexibility index (Phi) is 49.6. The van der Waals surface area contributed by atoms with E-state index in [0.717, 1.165) is 58.8 Å². The first-order valence-electron chi connectivity index (χ1n) is 38.9. The molecule has 0 fully saturated rings. The summed E-state index contributed by atoms with van der Waals surface area (Å²) in [5.41, 5.74) is 5.34. The molecule has 113 heavy (non-hydrogen) atoms. The third kappa shape index (κ3) is 41.3. The maximum Gasteiger partial charge on any atom is 0.242 e. The van der Waals surface area contributed by atoms with Crippen LogP contribution in [0.1, 0.15) is 150 Å². The number of carbonyl (C=O) groups is 14. The Morgan fingerprint density at radius 1 is 0.230 bits per heavy atom. The number of amides is 14. The highest BCUT2D eigenvalue weighted by atomic mass is 16.3. The van der Waals surface area contributed by atoms with Crippen molar-refractivity contribution >= 4 is 82.7 Å². The van der Waals surface area contributed by atoms with Crippen molar-refractivity contribution in [1.82, 2.24) is 69.0 Å². The van der Waals surface area contributed by atoms with E-state index in [9.17, 15) is 118 Å². The Bertz CT molecular complexity index is 3020. The van der Waals surface area contributed by atoms with Gasteiger partial charge in [0.25, 0.3) is 0 Å². The first-order valence-corrected chi connectivity index (χ1v) is 38.9. The van der Waals surface area contributed by atoms with Gasteiger partial charge in [0, 0.05) is 89.6 Å². The second-order valence-corrected chi connectivity index (χ2v) is 30.2. The van der Waals surface area contributed by atoms with Crippen LogP contribution in [0, 0.1) is 0 Å². The van der Waals surface area contributed by atoms with Crippen LogP contribution in [0.25, 0.3) is 0 Å². The minimum atomic E-state index is -1.31. The molecule has 0 aliphatic rings. The molecule has 0 rings (SSSR count). The zero-order valence-corrected chi connectivity index (χ0v) is 70.0. The molecule has 39 heteroatoms. The smallest absolute Gasteiger partial charge is 0.242 e. The van der Waals surface area contributed by atoms with Gasteiger partial charge in [-0.2, -0.15) is 0 Å². The fraction of sp³-hybridized carbons (Fsp3) is 0.811. The molecule has 0 bridgehead atoms. The molecule has 0 aliphatic heterocycles. The summed E-state index contributed by atoms with van der Waals surface area (Å²) >= 11 is 0. The van der Waals surface area contributed by atoms with Crippen molar-refractivity contribution in [2.24, 2.45) is 5.73 Å². The molecule has 14 amide bonds. The molecule has 0 aromatic rings. The van der Waals surface area contributed by atoms with Gasteiger partial charge in [-0.3, -0.25) is 67.1 Å². The van der Waals surface area contributed by atoms with Gasteiger partial charge in [-0.05, 0) is 123 Å². The van der Waals surface area contributed by atoms with Crippen molar-refractivity contribution in [3.8, 4) is 0 Å². The minimum absolute atomic E-state index is 0.0605. The topological polar surface area (TPSA) is 521 Å². The maximum absolute atomic E-state index is 14.7. The Balaban J connectivity index is 7.20. The number of nitrogens with two attached hydrogens (primary N) is 1. The number of nitrogens with zero attached hydrogens (tertiary/aromatic N) is 13. The van der Waals surface area contributed by atoms with Crippen LogP contribution in [-0.2, 0) is 67.1 Å². The highest BCUT2D eigenvalue weighted by Gasteiger charge is 2.38. The van der Waals surface area contributed by atoms with E-state index in [0.29, 0.717) is 6.42 Å². The largest absolute Gasteiger partial charge is 0.392 e. The van der Waals surface area contributed by atoms with Crippen LogP contribution in [-0.4, -0.2) is 440 Å². The lowest BCUT2D eigenvalue weighted by Crippen LogP contribution is -2.56. The number of rotatable bonds is 56. The number of aliphatic hydroxyl groups excluding tert-OH is 10. The molecule has 0 aliphatic carbocycles. The van der Waals surface area contributed by atoms with Crippen molar-refractivity contribution in [3.05, 3.63) is 0 Å². The van der Waals surface area contributed by atoms with Gasteiger partial charge in [-0.1, -0.05) is 27.7 Å². The highest BCUT2D eigenvalue weighted by Crippen LogP contribution is 2.16. The van der Waals surface area contributed by atoms with Crippen molar-refractivity contribution in [2.45, 2.75) is 236 Å². The first-order chi connectivity index (χ1) is 52.4. The van der Waals surface area contributed by atoms with Gasteiger partial charge >= 0.3 is 0 Å². The number of nitrogens with one attached hydrogen (secondary N) is 1. The summed E-state index contributed by atoms with van der Waals surface area (Å²) < 4.78 is 0. The fourth-order valence-corrected chi connectivity index (χ4v) is 11.7. The quantitative estimate of drug-likeness (QED) is 0.0270. The summed E-state index contributed by atoms with van der Waals surface area (Å²) in [5, 5.41) is 107. The third-order valence-electron chi connectivity index (χ3n) is 18.2. The van der Waals surface area contributed by atoms with Crippen LogP contribution in [0.15, 0.2) is 0 Å². The zero-order chi connectivity index (χ0) is 87.2. The number of aliphatic hydroxyl groups is 10. The van der Waals surface area contributed by atoms with Crippen molar-refractivity contribution in [2.75, 3.05) is 157 Å². The summed E-state index contributed by atoms with van der Waals surface area (Å²) in [7, 11) is 0. The molecule has 0 saturated heterocycles. The van der Waals surface area contributed by atoms with E-state index in [1.54, 1.807) is 55.4 Å². The zero-order valence-electron chi connectivity index (χ0n) is 70.0. The van der Waals surface area contributed by atoms with E-state index in [1.807, 2.05) is 0 Å². The van der Waals surface area contributed by atoms with Crippen LogP contribution >= 0.6 is 0 Å². The van der Waals surface area contributed by atoms with Gasteiger partial charge in [-0.25, -0.2) is 0 Å². The maximum atomic E-state index is 14.7. The Morgan fingerprint density at radius 2 is 0.381 bits per heavy atom. The highest BCUT2D eigenvalue weighted by molar-refractivity contribution is 5.96. The van der Waals surface area contributed by atoms with Gasteiger partial charge in [0.15, 0.2) is 0 Å². The number of hydrogen-bond acceptors (Lipinski definition) is 25. The molecule has 0 heterocycles. The molecule has 0 saturated carbocycles. The molecule has 39 nitrogen and oxygen atoms in total. The van der Waals surface area contributed by atoms with Gasteiger partial charge in [0.1, 0.15) is 26.2 Å². The van der Waals surface area contributed by atoms with Crippen molar-refractivity contribution < 1.29 is 118 Å². The molecule has 0 radical (unpaired) electrons. The van der Waals surface area contributed by atoms with E-state index in [-0.39, 0.29) is 45.4 Å². The molecule has 0 spiro atoms. The first kappa shape index (κ1) is 105. The minimum Gasteiger partial charge on any atom is -0.392 e. The standard InChI is InChI=1S/C74H137N15O24/c1-19-47(5)86(71(110)39-78(26-53(11)92)62(101)24-76-23-51(9)90)43-68(107)80(28-55(13)94)36-64(103)84(32-59(17)98)41-73(112)88(49(7)21-3)45-70(109)82(30-57(15)96)38-66(105)85(33-60(18)99)42-74(113)89(50(8)22-4)46-69(108)81(29-56(14)95)37-65(104)83(31-58(16)97)40-72(111)87(48(6)20-2)44-67(106)79(27-54(12)93)35-63(102)77(25-52(10)91)34-61(75)100/h47-60,76,90-99H,19-46H2,1-18H3,(H2,75,100). The second-order valence-electron chi connectivity index (χ2n) is 30.2.